The van der Waals surface area contributed by atoms with E-state index in [4.69, 9.17) is 10.9 Å². The maximum absolute atomic E-state index is 11.5. The van der Waals surface area contributed by atoms with Crippen molar-refractivity contribution in [3.05, 3.63) is 64.9 Å². The summed E-state index contributed by atoms with van der Waals surface area (Å²) in [5.41, 5.74) is 8.49. The van der Waals surface area contributed by atoms with Crippen molar-refractivity contribution in [2.45, 2.75) is 11.4 Å². The molecule has 7 nitrogen and oxygen atoms in total. The average Bonchev–Trinajstić information content (AvgIpc) is 3.05. The summed E-state index contributed by atoms with van der Waals surface area (Å²) in [6.45, 7) is -0.0561. The molecule has 0 bridgehead atoms. The fourth-order valence-corrected chi connectivity index (χ4v) is 4.26. The van der Waals surface area contributed by atoms with Crippen LogP contribution in [0.5, 0.6) is 0 Å². The Morgan fingerprint density at radius 3 is 2.22 bits per heavy atom. The minimum Gasteiger partial charge on any atom is -0.350 e. The Bertz CT molecular complexity index is 1060. The number of amides is 2. The van der Waals surface area contributed by atoms with E-state index in [0.29, 0.717) is 5.06 Å². The second kappa shape index (κ2) is 7.49. The highest BCUT2D eigenvalue weighted by molar-refractivity contribution is 7.89. The number of benzene rings is 2. The van der Waals surface area contributed by atoms with Gasteiger partial charge in [0.25, 0.3) is 0 Å². The summed E-state index contributed by atoms with van der Waals surface area (Å²) >= 11 is 1.37. The van der Waals surface area contributed by atoms with Crippen LogP contribution in [-0.2, 0) is 16.6 Å². The molecule has 0 aliphatic heterocycles. The Kier molecular flexibility index (Phi) is 5.29. The number of rotatable bonds is 5. The van der Waals surface area contributed by atoms with Gasteiger partial charge in [-0.25, -0.2) is 23.4 Å². The van der Waals surface area contributed by atoms with Gasteiger partial charge in [-0.1, -0.05) is 42.5 Å². The van der Waals surface area contributed by atoms with Gasteiger partial charge in [-0.15, -0.1) is 11.3 Å². The molecule has 0 aliphatic rings. The van der Waals surface area contributed by atoms with Gasteiger partial charge in [0.1, 0.15) is 0 Å². The van der Waals surface area contributed by atoms with E-state index in [-0.39, 0.29) is 11.4 Å². The van der Waals surface area contributed by atoms with Crippen LogP contribution in [0.25, 0.3) is 22.3 Å². The lowest BCUT2D eigenvalue weighted by Crippen LogP contribution is -2.31. The maximum atomic E-state index is 11.5. The largest absolute Gasteiger partial charge is 0.350 e. The molecule has 1 heterocycles. The molecule has 2 amide bonds. The first-order valence-corrected chi connectivity index (χ1v) is 10.2. The molecule has 0 spiro atoms. The third-order valence-corrected chi connectivity index (χ3v) is 5.87. The summed E-state index contributed by atoms with van der Waals surface area (Å²) in [6, 6.07) is 14.8. The number of carbonyl (C=O) groups is 1. The molecular weight excluding hydrogens is 386 g/mol. The number of nitrogens with zero attached hydrogens (tertiary/aromatic N) is 1. The van der Waals surface area contributed by atoms with Crippen LogP contribution < -0.4 is 10.9 Å². The van der Waals surface area contributed by atoms with Crippen LogP contribution in [0.4, 0.5) is 4.79 Å². The Morgan fingerprint density at radius 1 is 1.04 bits per heavy atom. The lowest BCUT2D eigenvalue weighted by Gasteiger charge is -2.13. The lowest BCUT2D eigenvalue weighted by atomic mass is 9.97. The highest BCUT2D eigenvalue weighted by Crippen LogP contribution is 2.40. The van der Waals surface area contributed by atoms with E-state index in [1.165, 1.54) is 23.5 Å². The third kappa shape index (κ3) is 4.17. The van der Waals surface area contributed by atoms with Gasteiger partial charge in [-0.05, 0) is 28.6 Å². The second-order valence-corrected chi connectivity index (χ2v) is 8.30. The maximum Gasteiger partial charge on any atom is 0.338 e. The molecule has 0 fully saturated rings. The fraction of sp³-hybridized carbons (Fsp3) is 0.0556. The number of urea groups is 1. The van der Waals surface area contributed by atoms with Crippen molar-refractivity contribution < 1.29 is 18.4 Å². The van der Waals surface area contributed by atoms with Crippen molar-refractivity contribution in [1.29, 1.82) is 0 Å². The zero-order valence-electron chi connectivity index (χ0n) is 14.1. The van der Waals surface area contributed by atoms with Crippen LogP contribution in [0.15, 0.2) is 64.9 Å². The monoisotopic (exact) mass is 403 g/mol. The molecule has 140 valence electrons. The number of nitrogens with two attached hydrogens (primary N) is 2. The molecule has 0 unspecified atom stereocenters. The number of hydroxylamine groups is 2. The van der Waals surface area contributed by atoms with Crippen molar-refractivity contribution in [3.63, 3.8) is 0 Å². The van der Waals surface area contributed by atoms with Crippen molar-refractivity contribution in [3.8, 4) is 22.3 Å². The topological polar surface area (TPSA) is 127 Å². The second-order valence-electron chi connectivity index (χ2n) is 5.78. The smallest absolute Gasteiger partial charge is 0.338 e. The molecule has 27 heavy (non-hydrogen) atoms. The first-order valence-electron chi connectivity index (χ1n) is 7.82. The van der Waals surface area contributed by atoms with Gasteiger partial charge < -0.3 is 5.73 Å². The van der Waals surface area contributed by atoms with Gasteiger partial charge in [-0.2, -0.15) is 0 Å². The van der Waals surface area contributed by atoms with Crippen LogP contribution in [0.3, 0.4) is 0 Å². The summed E-state index contributed by atoms with van der Waals surface area (Å²) < 4.78 is 22.9. The normalized spacial score (nSPS) is 11.3. The molecule has 0 radical (unpaired) electrons. The average molecular weight is 403 g/mol. The number of hydrogen-bond donors (Lipinski definition) is 3. The van der Waals surface area contributed by atoms with E-state index in [2.05, 4.69) is 0 Å². The predicted molar refractivity (Wildman–Crippen MR) is 103 cm³/mol. The van der Waals surface area contributed by atoms with Crippen LogP contribution >= 0.6 is 11.3 Å². The molecule has 9 heteroatoms. The van der Waals surface area contributed by atoms with E-state index in [0.717, 1.165) is 27.1 Å². The quantitative estimate of drug-likeness (QED) is 0.447. The van der Waals surface area contributed by atoms with E-state index in [1.807, 2.05) is 35.7 Å². The molecule has 5 N–H and O–H groups in total. The first kappa shape index (κ1) is 19.1. The first-order chi connectivity index (χ1) is 12.8. The summed E-state index contributed by atoms with van der Waals surface area (Å²) in [5, 5.41) is 17.2. The number of sulfonamides is 1. The van der Waals surface area contributed by atoms with Gasteiger partial charge >= 0.3 is 6.03 Å². The highest BCUT2D eigenvalue weighted by Gasteiger charge is 2.19. The van der Waals surface area contributed by atoms with Crippen molar-refractivity contribution >= 4 is 27.4 Å². The summed E-state index contributed by atoms with van der Waals surface area (Å²) in [5.74, 6) is 0. The van der Waals surface area contributed by atoms with E-state index < -0.39 is 16.1 Å². The molecule has 0 saturated heterocycles. The van der Waals surface area contributed by atoms with E-state index >= 15 is 0 Å². The molecule has 3 aromatic rings. The van der Waals surface area contributed by atoms with Crippen LogP contribution in [0, 0.1) is 0 Å². The minimum atomic E-state index is -3.77. The van der Waals surface area contributed by atoms with E-state index in [1.54, 1.807) is 12.1 Å². The van der Waals surface area contributed by atoms with Crippen LogP contribution in [-0.4, -0.2) is 24.7 Å². The molecule has 3 rings (SSSR count). The zero-order valence-corrected chi connectivity index (χ0v) is 15.7. The Hall–Kier alpha value is -2.72. The number of hydrogen-bond acceptors (Lipinski definition) is 5. The Labute approximate surface area is 160 Å². The summed E-state index contributed by atoms with van der Waals surface area (Å²) in [6.07, 6.45) is 0. The fourth-order valence-electron chi connectivity index (χ4n) is 2.69. The van der Waals surface area contributed by atoms with Gasteiger partial charge in [-0.3, -0.25) is 5.21 Å². The predicted octanol–water partition coefficient (Wildman–Crippen LogP) is 3.00. The number of carbonyl (C=O) groups excluding carboxylic acids is 1. The van der Waals surface area contributed by atoms with Crippen molar-refractivity contribution in [1.82, 2.24) is 5.06 Å². The van der Waals surface area contributed by atoms with E-state index in [9.17, 15) is 18.4 Å². The number of thiophene rings is 1. The molecule has 2 aromatic carbocycles. The van der Waals surface area contributed by atoms with Crippen LogP contribution in [0.1, 0.15) is 4.88 Å². The Balaban J connectivity index is 2.10. The molecule has 1 aromatic heterocycles. The lowest BCUT2D eigenvalue weighted by molar-refractivity contribution is -0.0461. The highest BCUT2D eigenvalue weighted by atomic mass is 32.2. The van der Waals surface area contributed by atoms with Crippen molar-refractivity contribution in [2.24, 2.45) is 10.9 Å². The van der Waals surface area contributed by atoms with Crippen molar-refractivity contribution in [2.75, 3.05) is 0 Å². The number of primary amides is 1. The minimum absolute atomic E-state index is 0.0261. The molecular formula is C18H17N3O4S2. The van der Waals surface area contributed by atoms with Gasteiger partial charge in [0, 0.05) is 16.0 Å². The standard InChI is InChI=1S/C18H17N3O4S2/c19-18(22)21(23)10-16-17(13-4-2-1-3-5-13)15(11-26-16)12-6-8-14(9-7-12)27(20,24)25/h1-9,11,23H,10H2,(H2,19,22)(H2,20,24,25). The molecule has 0 atom stereocenters. The van der Waals surface area contributed by atoms with Crippen LogP contribution in [0.2, 0.25) is 0 Å². The summed E-state index contributed by atoms with van der Waals surface area (Å²) in [7, 11) is -3.77. The number of primary sulfonamides is 1. The zero-order chi connectivity index (χ0) is 19.6. The van der Waals surface area contributed by atoms with Gasteiger partial charge in [0.2, 0.25) is 10.0 Å². The summed E-state index contributed by atoms with van der Waals surface area (Å²) in [4.78, 5) is 12.0. The molecule has 0 saturated carbocycles. The van der Waals surface area contributed by atoms with Gasteiger partial charge in [0.05, 0.1) is 11.4 Å². The van der Waals surface area contributed by atoms with Gasteiger partial charge in [0.15, 0.2) is 0 Å². The SMILES string of the molecule is NC(=O)N(O)Cc1scc(-c2ccc(S(N)(=O)=O)cc2)c1-c1ccccc1. The molecule has 0 aliphatic carbocycles. The third-order valence-electron chi connectivity index (χ3n) is 3.97. The Morgan fingerprint density at radius 2 is 1.67 bits per heavy atom.